The van der Waals surface area contributed by atoms with Crippen molar-refractivity contribution in [2.45, 2.75) is 38.6 Å². The smallest absolute Gasteiger partial charge is 0.161 e. The number of nitrogens with zero attached hydrogens (tertiary/aromatic N) is 3. The Labute approximate surface area is 107 Å². The minimum Gasteiger partial charge on any atom is -0.389 e. The summed E-state index contributed by atoms with van der Waals surface area (Å²) in [6.07, 6.45) is 6.46. The molecule has 1 aliphatic heterocycles. The van der Waals surface area contributed by atoms with Crippen LogP contribution in [0, 0.1) is 0 Å². The highest BCUT2D eigenvalue weighted by molar-refractivity contribution is 7.80. The molecule has 5 heteroatoms. The molecule has 4 nitrogen and oxygen atoms in total. The fourth-order valence-electron chi connectivity index (χ4n) is 2.43. The maximum absolute atomic E-state index is 5.75. The molecule has 2 rings (SSSR count). The molecular formula is C12H18N4S. The summed E-state index contributed by atoms with van der Waals surface area (Å²) in [5.74, 6) is 0.853. The van der Waals surface area contributed by atoms with E-state index in [2.05, 4.69) is 22.0 Å². The molecule has 0 amide bonds. The Morgan fingerprint density at radius 1 is 1.59 bits per heavy atom. The van der Waals surface area contributed by atoms with Crippen LogP contribution in [0.3, 0.4) is 0 Å². The summed E-state index contributed by atoms with van der Waals surface area (Å²) >= 11 is 5.08. The molecule has 0 bridgehead atoms. The Morgan fingerprint density at radius 3 is 3.12 bits per heavy atom. The molecule has 0 spiro atoms. The van der Waals surface area contributed by atoms with Crippen LogP contribution in [0.4, 0.5) is 5.82 Å². The van der Waals surface area contributed by atoms with E-state index < -0.39 is 0 Å². The normalized spacial score (nSPS) is 20.3. The van der Waals surface area contributed by atoms with Gasteiger partial charge in [0.05, 0.1) is 11.8 Å². The highest BCUT2D eigenvalue weighted by Crippen LogP contribution is 2.26. The monoisotopic (exact) mass is 250 g/mol. The van der Waals surface area contributed by atoms with Crippen LogP contribution >= 0.6 is 12.2 Å². The molecule has 1 aliphatic rings. The molecule has 1 unspecified atom stereocenters. The molecule has 17 heavy (non-hydrogen) atoms. The SMILES string of the molecule is CCC1CCCCN1c1nnccc1C(N)=S. The second-order valence-electron chi connectivity index (χ2n) is 4.38. The molecule has 1 saturated heterocycles. The van der Waals surface area contributed by atoms with Gasteiger partial charge in [0.15, 0.2) is 5.82 Å². The predicted octanol–water partition coefficient (Wildman–Crippen LogP) is 1.88. The maximum Gasteiger partial charge on any atom is 0.161 e. The van der Waals surface area contributed by atoms with E-state index in [4.69, 9.17) is 18.0 Å². The summed E-state index contributed by atoms with van der Waals surface area (Å²) in [7, 11) is 0. The van der Waals surface area contributed by atoms with Crippen LogP contribution in [-0.2, 0) is 0 Å². The topological polar surface area (TPSA) is 55.0 Å². The van der Waals surface area contributed by atoms with E-state index in [-0.39, 0.29) is 0 Å². The van der Waals surface area contributed by atoms with Crippen LogP contribution in [0.25, 0.3) is 0 Å². The summed E-state index contributed by atoms with van der Waals surface area (Å²) in [4.78, 5) is 2.71. The Morgan fingerprint density at radius 2 is 2.41 bits per heavy atom. The van der Waals surface area contributed by atoms with Crippen molar-refractivity contribution in [2.75, 3.05) is 11.4 Å². The van der Waals surface area contributed by atoms with Gasteiger partial charge in [0.25, 0.3) is 0 Å². The van der Waals surface area contributed by atoms with Crippen molar-refractivity contribution in [1.29, 1.82) is 0 Å². The number of piperidine rings is 1. The Hall–Kier alpha value is -1.23. The number of rotatable bonds is 3. The first-order valence-corrected chi connectivity index (χ1v) is 6.53. The quantitative estimate of drug-likeness (QED) is 0.830. The summed E-state index contributed by atoms with van der Waals surface area (Å²) in [5.41, 5.74) is 6.59. The zero-order valence-corrected chi connectivity index (χ0v) is 10.9. The van der Waals surface area contributed by atoms with Crippen LogP contribution in [0.5, 0.6) is 0 Å². The number of nitrogens with two attached hydrogens (primary N) is 1. The fourth-order valence-corrected chi connectivity index (χ4v) is 2.59. The van der Waals surface area contributed by atoms with Gasteiger partial charge < -0.3 is 10.6 Å². The molecule has 1 atom stereocenters. The number of thiocarbonyl (C=S) groups is 1. The maximum atomic E-state index is 5.75. The van der Waals surface area contributed by atoms with Crippen LogP contribution in [0.15, 0.2) is 12.3 Å². The van der Waals surface area contributed by atoms with Crippen LogP contribution in [0.2, 0.25) is 0 Å². The molecule has 0 saturated carbocycles. The van der Waals surface area contributed by atoms with Crippen molar-refractivity contribution in [3.8, 4) is 0 Å². The van der Waals surface area contributed by atoms with Gasteiger partial charge in [0.1, 0.15) is 4.99 Å². The predicted molar refractivity (Wildman–Crippen MR) is 73.2 cm³/mol. The van der Waals surface area contributed by atoms with Crippen molar-refractivity contribution >= 4 is 23.0 Å². The van der Waals surface area contributed by atoms with E-state index in [1.54, 1.807) is 6.20 Å². The van der Waals surface area contributed by atoms with E-state index in [9.17, 15) is 0 Å². The third-order valence-electron chi connectivity index (χ3n) is 3.34. The molecule has 1 aromatic rings. The number of aromatic nitrogens is 2. The molecule has 92 valence electrons. The lowest BCUT2D eigenvalue weighted by Crippen LogP contribution is -2.41. The van der Waals surface area contributed by atoms with Gasteiger partial charge in [-0.3, -0.25) is 0 Å². The molecule has 1 aromatic heterocycles. The largest absolute Gasteiger partial charge is 0.389 e. The van der Waals surface area contributed by atoms with Gasteiger partial charge in [0, 0.05) is 12.6 Å². The average Bonchev–Trinajstić information content (AvgIpc) is 2.38. The van der Waals surface area contributed by atoms with Gasteiger partial charge >= 0.3 is 0 Å². The minimum atomic E-state index is 0.398. The number of anilines is 1. The van der Waals surface area contributed by atoms with Crippen LogP contribution in [0.1, 0.15) is 38.2 Å². The third kappa shape index (κ3) is 2.54. The van der Waals surface area contributed by atoms with E-state index >= 15 is 0 Å². The van der Waals surface area contributed by atoms with Crippen molar-refractivity contribution in [3.05, 3.63) is 17.8 Å². The second kappa shape index (κ2) is 5.40. The summed E-state index contributed by atoms with van der Waals surface area (Å²) in [6, 6.07) is 2.39. The van der Waals surface area contributed by atoms with Gasteiger partial charge in [0.2, 0.25) is 0 Å². The summed E-state index contributed by atoms with van der Waals surface area (Å²) in [5, 5.41) is 8.20. The zero-order chi connectivity index (χ0) is 12.3. The van der Waals surface area contributed by atoms with Crippen LogP contribution < -0.4 is 10.6 Å². The lowest BCUT2D eigenvalue weighted by Gasteiger charge is -2.36. The lowest BCUT2D eigenvalue weighted by molar-refractivity contribution is 0.445. The summed E-state index contributed by atoms with van der Waals surface area (Å²) in [6.45, 7) is 3.23. The Bertz CT molecular complexity index is 407. The van der Waals surface area contributed by atoms with E-state index in [0.29, 0.717) is 11.0 Å². The van der Waals surface area contributed by atoms with Crippen molar-refractivity contribution < 1.29 is 0 Å². The Balaban J connectivity index is 2.34. The standard InChI is InChI=1S/C12H18N4S/c1-2-9-5-3-4-8-16(9)12-10(11(13)17)6-7-14-15-12/h6-7,9H,2-5,8H2,1H3,(H2,13,17). The van der Waals surface area contributed by atoms with Crippen LogP contribution in [-0.4, -0.2) is 27.8 Å². The Kier molecular flexibility index (Phi) is 3.89. The third-order valence-corrected chi connectivity index (χ3v) is 3.56. The molecule has 0 radical (unpaired) electrons. The van der Waals surface area contributed by atoms with Crippen molar-refractivity contribution in [1.82, 2.24) is 10.2 Å². The molecule has 0 aromatic carbocycles. The van der Waals surface area contributed by atoms with Gasteiger partial charge in [-0.2, -0.15) is 5.10 Å². The first-order chi connectivity index (χ1) is 8.24. The lowest BCUT2D eigenvalue weighted by atomic mass is 9.99. The van der Waals surface area contributed by atoms with E-state index in [1.807, 2.05) is 6.07 Å². The fraction of sp³-hybridized carbons (Fsp3) is 0.583. The average molecular weight is 250 g/mol. The van der Waals surface area contributed by atoms with E-state index in [0.717, 1.165) is 24.3 Å². The van der Waals surface area contributed by atoms with Gasteiger partial charge in [-0.05, 0) is 31.7 Å². The first-order valence-electron chi connectivity index (χ1n) is 6.12. The first kappa shape index (κ1) is 12.2. The van der Waals surface area contributed by atoms with Crippen molar-refractivity contribution in [3.63, 3.8) is 0 Å². The van der Waals surface area contributed by atoms with Crippen molar-refractivity contribution in [2.24, 2.45) is 5.73 Å². The molecular weight excluding hydrogens is 232 g/mol. The molecule has 2 heterocycles. The number of hydrogen-bond donors (Lipinski definition) is 1. The van der Waals surface area contributed by atoms with Gasteiger partial charge in [-0.1, -0.05) is 19.1 Å². The van der Waals surface area contributed by atoms with E-state index in [1.165, 1.54) is 19.3 Å². The van der Waals surface area contributed by atoms with Gasteiger partial charge in [-0.25, -0.2) is 0 Å². The zero-order valence-electron chi connectivity index (χ0n) is 10.1. The molecule has 1 fully saturated rings. The summed E-state index contributed by atoms with van der Waals surface area (Å²) < 4.78 is 0. The van der Waals surface area contributed by atoms with Gasteiger partial charge in [-0.15, -0.1) is 5.10 Å². The minimum absolute atomic E-state index is 0.398. The highest BCUT2D eigenvalue weighted by atomic mass is 32.1. The number of hydrogen-bond acceptors (Lipinski definition) is 4. The highest BCUT2D eigenvalue weighted by Gasteiger charge is 2.24. The second-order valence-corrected chi connectivity index (χ2v) is 4.82. The molecule has 2 N–H and O–H groups in total. The molecule has 0 aliphatic carbocycles.